The molecule has 0 spiro atoms. The number of halogens is 1. The molecule has 0 amide bonds. The smallest absolute Gasteiger partial charge is 0.348 e. The van der Waals surface area contributed by atoms with Crippen molar-refractivity contribution in [1.29, 1.82) is 0 Å². The van der Waals surface area contributed by atoms with Crippen LogP contribution in [0.1, 0.15) is 41.0 Å². The Labute approximate surface area is 117 Å². The number of rotatable bonds is 4. The third-order valence-corrected chi connectivity index (χ3v) is 2.67. The van der Waals surface area contributed by atoms with E-state index in [1.165, 1.54) is 6.33 Å². The summed E-state index contributed by atoms with van der Waals surface area (Å²) in [6.45, 7) is 10.3. The van der Waals surface area contributed by atoms with Gasteiger partial charge in [0, 0.05) is 5.54 Å². The first-order valence-corrected chi connectivity index (χ1v) is 6.33. The summed E-state index contributed by atoms with van der Waals surface area (Å²) >= 11 is 5.75. The molecule has 0 bridgehead atoms. The quantitative estimate of drug-likeness (QED) is 0.519. The molecular weight excluding hydrogens is 268 g/mol. The molecule has 1 rings (SSSR count). The maximum Gasteiger partial charge on any atom is 0.348 e. The predicted octanol–water partition coefficient (Wildman–Crippen LogP) is 3.66. The molecule has 6 nitrogen and oxygen atoms in total. The van der Waals surface area contributed by atoms with E-state index in [0.717, 1.165) is 6.42 Å². The zero-order chi connectivity index (χ0) is 14.8. The number of nitro groups is 1. The molecule has 1 aromatic heterocycles. The number of aromatic nitrogens is 2. The third kappa shape index (κ3) is 4.63. The van der Waals surface area contributed by atoms with Gasteiger partial charge in [-0.3, -0.25) is 10.1 Å². The first-order chi connectivity index (χ1) is 8.52. The average Bonchev–Trinajstić information content (AvgIpc) is 2.11. The molecule has 0 saturated carbocycles. The maximum atomic E-state index is 11.0. The summed E-state index contributed by atoms with van der Waals surface area (Å²) in [5.41, 5.74) is -0.547. The lowest BCUT2D eigenvalue weighted by Crippen LogP contribution is -2.36. The molecule has 1 aromatic rings. The van der Waals surface area contributed by atoms with Gasteiger partial charge in [-0.25, -0.2) is 9.97 Å². The lowest BCUT2D eigenvalue weighted by Gasteiger charge is -2.33. The van der Waals surface area contributed by atoms with E-state index in [2.05, 4.69) is 36.1 Å². The topological polar surface area (TPSA) is 81.0 Å². The highest BCUT2D eigenvalue weighted by atomic mass is 35.5. The molecule has 19 heavy (non-hydrogen) atoms. The normalized spacial score (nSPS) is 12.3. The summed E-state index contributed by atoms with van der Waals surface area (Å²) in [5, 5.41) is 13.9. The van der Waals surface area contributed by atoms with Gasteiger partial charge >= 0.3 is 5.69 Å². The SMILES string of the molecule is CC(C)(C)CC(C)(C)Nc1ncnc(Cl)c1[N+](=O)[O-]. The van der Waals surface area contributed by atoms with Crippen LogP contribution in [-0.2, 0) is 0 Å². The molecular formula is C12H19ClN4O2. The molecule has 1 N–H and O–H groups in total. The lowest BCUT2D eigenvalue weighted by atomic mass is 9.82. The molecule has 1 heterocycles. The highest BCUT2D eigenvalue weighted by Gasteiger charge is 2.30. The Morgan fingerprint density at radius 1 is 1.32 bits per heavy atom. The van der Waals surface area contributed by atoms with Crippen LogP contribution in [-0.4, -0.2) is 20.4 Å². The van der Waals surface area contributed by atoms with Crippen molar-refractivity contribution in [3.05, 3.63) is 21.6 Å². The van der Waals surface area contributed by atoms with Gasteiger partial charge in [-0.15, -0.1) is 0 Å². The zero-order valence-electron chi connectivity index (χ0n) is 11.8. The van der Waals surface area contributed by atoms with Crippen LogP contribution < -0.4 is 5.32 Å². The Morgan fingerprint density at radius 3 is 2.37 bits per heavy atom. The van der Waals surface area contributed by atoms with Gasteiger partial charge in [0.2, 0.25) is 11.0 Å². The van der Waals surface area contributed by atoms with E-state index >= 15 is 0 Å². The van der Waals surface area contributed by atoms with Crippen molar-refractivity contribution in [1.82, 2.24) is 9.97 Å². The van der Waals surface area contributed by atoms with E-state index in [1.54, 1.807) is 0 Å². The molecule has 0 saturated heterocycles. The second kappa shape index (κ2) is 5.28. The molecule has 0 aliphatic carbocycles. The minimum Gasteiger partial charge on any atom is -0.359 e. The summed E-state index contributed by atoms with van der Waals surface area (Å²) in [6, 6.07) is 0. The van der Waals surface area contributed by atoms with Crippen molar-refractivity contribution in [3.63, 3.8) is 0 Å². The fourth-order valence-electron chi connectivity index (χ4n) is 2.30. The van der Waals surface area contributed by atoms with Crippen LogP contribution in [0.15, 0.2) is 6.33 Å². The third-order valence-electron chi connectivity index (χ3n) is 2.39. The molecule has 0 unspecified atom stereocenters. The van der Waals surface area contributed by atoms with Crippen molar-refractivity contribution < 1.29 is 4.92 Å². The van der Waals surface area contributed by atoms with Crippen LogP contribution in [0.2, 0.25) is 5.15 Å². The van der Waals surface area contributed by atoms with Gasteiger partial charge in [-0.05, 0) is 25.7 Å². The van der Waals surface area contributed by atoms with E-state index in [0.29, 0.717) is 0 Å². The molecule has 7 heteroatoms. The number of hydrogen-bond donors (Lipinski definition) is 1. The van der Waals surface area contributed by atoms with Gasteiger partial charge in [-0.2, -0.15) is 0 Å². The van der Waals surface area contributed by atoms with Crippen LogP contribution in [0.3, 0.4) is 0 Å². The first kappa shape index (κ1) is 15.6. The fraction of sp³-hybridized carbons (Fsp3) is 0.667. The molecule has 0 aromatic carbocycles. The van der Waals surface area contributed by atoms with E-state index in [4.69, 9.17) is 11.6 Å². The van der Waals surface area contributed by atoms with Gasteiger partial charge in [-0.1, -0.05) is 32.4 Å². The van der Waals surface area contributed by atoms with Gasteiger partial charge in [0.05, 0.1) is 4.92 Å². The van der Waals surface area contributed by atoms with Crippen LogP contribution in [0, 0.1) is 15.5 Å². The molecule has 0 aliphatic heterocycles. The van der Waals surface area contributed by atoms with Crippen LogP contribution in [0.4, 0.5) is 11.5 Å². The summed E-state index contributed by atoms with van der Waals surface area (Å²) < 4.78 is 0. The van der Waals surface area contributed by atoms with Crippen LogP contribution in [0.25, 0.3) is 0 Å². The maximum absolute atomic E-state index is 11.0. The highest BCUT2D eigenvalue weighted by molar-refractivity contribution is 6.31. The second-order valence-corrected chi connectivity index (χ2v) is 6.72. The van der Waals surface area contributed by atoms with Crippen molar-refractivity contribution in [2.75, 3.05) is 5.32 Å². The standard InChI is InChI=1S/C12H19ClN4O2/c1-11(2,3)6-12(4,5)16-10-8(17(18)19)9(13)14-7-15-10/h7H,6H2,1-5H3,(H,14,15,16). The number of nitrogens with one attached hydrogen (secondary N) is 1. The number of anilines is 1. The first-order valence-electron chi connectivity index (χ1n) is 5.95. The number of nitrogens with zero attached hydrogens (tertiary/aromatic N) is 3. The van der Waals surface area contributed by atoms with Gasteiger partial charge < -0.3 is 5.32 Å². The number of hydrogen-bond acceptors (Lipinski definition) is 5. The monoisotopic (exact) mass is 286 g/mol. The van der Waals surface area contributed by atoms with Crippen molar-refractivity contribution in [2.24, 2.45) is 5.41 Å². The van der Waals surface area contributed by atoms with Gasteiger partial charge in [0.15, 0.2) is 0 Å². The van der Waals surface area contributed by atoms with Crippen molar-refractivity contribution in [3.8, 4) is 0 Å². The van der Waals surface area contributed by atoms with E-state index in [1.807, 2.05) is 13.8 Å². The zero-order valence-corrected chi connectivity index (χ0v) is 12.6. The molecule has 106 valence electrons. The second-order valence-electron chi connectivity index (χ2n) is 6.37. The van der Waals surface area contributed by atoms with E-state index < -0.39 is 4.92 Å². The van der Waals surface area contributed by atoms with Crippen LogP contribution >= 0.6 is 11.6 Å². The van der Waals surface area contributed by atoms with E-state index in [-0.39, 0.29) is 27.6 Å². The Hall–Kier alpha value is -1.43. The molecule has 0 aliphatic rings. The van der Waals surface area contributed by atoms with Crippen LogP contribution in [0.5, 0.6) is 0 Å². The summed E-state index contributed by atoms with van der Waals surface area (Å²) in [5.74, 6) is 0.152. The fourth-order valence-corrected chi connectivity index (χ4v) is 2.50. The largest absolute Gasteiger partial charge is 0.359 e. The Balaban J connectivity index is 3.06. The molecule has 0 atom stereocenters. The minimum absolute atomic E-state index is 0.0854. The highest BCUT2D eigenvalue weighted by Crippen LogP contribution is 2.34. The minimum atomic E-state index is -0.572. The predicted molar refractivity (Wildman–Crippen MR) is 75.5 cm³/mol. The van der Waals surface area contributed by atoms with Gasteiger partial charge in [0.25, 0.3) is 0 Å². The lowest BCUT2D eigenvalue weighted by molar-refractivity contribution is -0.384. The molecule has 0 fully saturated rings. The van der Waals surface area contributed by atoms with Gasteiger partial charge in [0.1, 0.15) is 6.33 Å². The Morgan fingerprint density at radius 2 is 1.89 bits per heavy atom. The van der Waals surface area contributed by atoms with Crippen molar-refractivity contribution >= 4 is 23.1 Å². The van der Waals surface area contributed by atoms with Crippen molar-refractivity contribution in [2.45, 2.75) is 46.6 Å². The summed E-state index contributed by atoms with van der Waals surface area (Å²) in [6.07, 6.45) is 2.03. The molecule has 0 radical (unpaired) electrons. The average molecular weight is 287 g/mol. The Kier molecular flexibility index (Phi) is 4.35. The Bertz CT molecular complexity index is 483. The van der Waals surface area contributed by atoms with E-state index in [9.17, 15) is 10.1 Å². The summed E-state index contributed by atoms with van der Waals surface area (Å²) in [4.78, 5) is 18.0. The summed E-state index contributed by atoms with van der Waals surface area (Å²) in [7, 11) is 0.